The lowest BCUT2D eigenvalue weighted by Crippen LogP contribution is -2.13. The monoisotopic (exact) mass is 262 g/mol. The van der Waals surface area contributed by atoms with E-state index >= 15 is 0 Å². The molecule has 3 rings (SSSR count). The first-order valence-electron chi connectivity index (χ1n) is 6.53. The molecule has 2 nitrogen and oxygen atoms in total. The summed E-state index contributed by atoms with van der Waals surface area (Å²) in [6.45, 7) is 0. The van der Waals surface area contributed by atoms with E-state index in [4.69, 9.17) is 0 Å². The number of carboxylic acids is 1. The number of benzene rings is 3. The first-order chi connectivity index (χ1) is 9.77. The Bertz CT molecular complexity index is 742. The fraction of sp³-hybridized carbons (Fsp3) is 0.0556. The fourth-order valence-corrected chi connectivity index (χ4v) is 2.60. The molecule has 20 heavy (non-hydrogen) atoms. The molecule has 0 aliphatic rings. The van der Waals surface area contributed by atoms with Crippen LogP contribution < -0.4 is 0 Å². The van der Waals surface area contributed by atoms with Crippen molar-refractivity contribution in [2.75, 3.05) is 0 Å². The van der Waals surface area contributed by atoms with E-state index in [-0.39, 0.29) is 0 Å². The van der Waals surface area contributed by atoms with Gasteiger partial charge in [0.05, 0.1) is 0 Å². The molecule has 0 bridgehead atoms. The number of rotatable bonds is 3. The van der Waals surface area contributed by atoms with Crippen LogP contribution >= 0.6 is 0 Å². The van der Waals surface area contributed by atoms with E-state index in [9.17, 15) is 9.90 Å². The molecular weight excluding hydrogens is 248 g/mol. The number of fused-ring (bicyclic) bond motifs is 1. The third-order valence-electron chi connectivity index (χ3n) is 3.51. The molecule has 1 N–H and O–H groups in total. The highest BCUT2D eigenvalue weighted by molar-refractivity contribution is 5.92. The second-order valence-electron chi connectivity index (χ2n) is 4.75. The zero-order chi connectivity index (χ0) is 13.9. The van der Waals surface area contributed by atoms with Crippen LogP contribution in [0.3, 0.4) is 0 Å². The lowest BCUT2D eigenvalue weighted by molar-refractivity contribution is -0.137. The van der Waals surface area contributed by atoms with Gasteiger partial charge in [-0.3, -0.25) is 4.79 Å². The van der Waals surface area contributed by atoms with Gasteiger partial charge in [0.15, 0.2) is 0 Å². The van der Waals surface area contributed by atoms with Crippen LogP contribution in [0.1, 0.15) is 17.0 Å². The zero-order valence-corrected chi connectivity index (χ0v) is 10.9. The van der Waals surface area contributed by atoms with Crippen molar-refractivity contribution >= 4 is 16.7 Å². The lowest BCUT2D eigenvalue weighted by atomic mass is 9.88. The van der Waals surface area contributed by atoms with Gasteiger partial charge in [0.2, 0.25) is 0 Å². The van der Waals surface area contributed by atoms with Gasteiger partial charge in [-0.05, 0) is 21.9 Å². The summed E-state index contributed by atoms with van der Waals surface area (Å²) in [5.74, 6) is -1.46. The third kappa shape index (κ3) is 2.16. The van der Waals surface area contributed by atoms with E-state index in [1.165, 1.54) is 0 Å². The maximum atomic E-state index is 11.7. The molecule has 0 spiro atoms. The summed E-state index contributed by atoms with van der Waals surface area (Å²) in [6.07, 6.45) is 0. The quantitative estimate of drug-likeness (QED) is 0.773. The van der Waals surface area contributed by atoms with Crippen LogP contribution in [-0.2, 0) is 4.79 Å². The Morgan fingerprint density at radius 3 is 2.20 bits per heavy atom. The summed E-state index contributed by atoms with van der Waals surface area (Å²) < 4.78 is 0. The van der Waals surface area contributed by atoms with Crippen molar-refractivity contribution in [3.05, 3.63) is 83.9 Å². The van der Waals surface area contributed by atoms with E-state index in [1.54, 1.807) is 0 Å². The van der Waals surface area contributed by atoms with Gasteiger partial charge in [-0.25, -0.2) is 0 Å². The Balaban J connectivity index is 2.23. The Hall–Kier alpha value is -2.61. The number of aliphatic carboxylic acids is 1. The van der Waals surface area contributed by atoms with Crippen LogP contribution in [0.25, 0.3) is 10.8 Å². The van der Waals surface area contributed by atoms with Crippen LogP contribution in [0.4, 0.5) is 0 Å². The molecule has 3 aromatic rings. The van der Waals surface area contributed by atoms with E-state index in [1.807, 2.05) is 72.8 Å². The molecule has 3 aromatic carbocycles. The van der Waals surface area contributed by atoms with E-state index < -0.39 is 11.9 Å². The summed E-state index contributed by atoms with van der Waals surface area (Å²) in [6, 6.07) is 23.1. The zero-order valence-electron chi connectivity index (χ0n) is 10.9. The minimum absolute atomic E-state index is 0.637. The predicted octanol–water partition coefficient (Wildman–Crippen LogP) is 4.06. The molecule has 98 valence electrons. The summed E-state index contributed by atoms with van der Waals surface area (Å²) in [7, 11) is 0. The SMILES string of the molecule is O=C(O)[C@@H](c1ccccc1)c1cccc2ccccc12. The van der Waals surface area contributed by atoms with Crippen molar-refractivity contribution in [1.29, 1.82) is 0 Å². The lowest BCUT2D eigenvalue weighted by Gasteiger charge is -2.15. The normalized spacial score (nSPS) is 12.2. The molecule has 0 fully saturated rings. The molecule has 0 aliphatic carbocycles. The average Bonchev–Trinajstić information content (AvgIpc) is 2.48. The van der Waals surface area contributed by atoms with Crippen LogP contribution in [0, 0.1) is 0 Å². The van der Waals surface area contributed by atoms with Crippen LogP contribution in [0.5, 0.6) is 0 Å². The molecule has 1 atom stereocenters. The van der Waals surface area contributed by atoms with Gasteiger partial charge in [-0.1, -0.05) is 72.8 Å². The molecule has 0 unspecified atom stereocenters. The largest absolute Gasteiger partial charge is 0.481 e. The Labute approximate surface area is 117 Å². The van der Waals surface area contributed by atoms with E-state index in [0.29, 0.717) is 0 Å². The Kier molecular flexibility index (Phi) is 3.21. The molecule has 0 saturated heterocycles. The maximum Gasteiger partial charge on any atom is 0.315 e. The first kappa shape index (κ1) is 12.4. The summed E-state index contributed by atoms with van der Waals surface area (Å²) >= 11 is 0. The van der Waals surface area contributed by atoms with Crippen molar-refractivity contribution < 1.29 is 9.90 Å². The molecular formula is C18H14O2. The highest BCUT2D eigenvalue weighted by Gasteiger charge is 2.23. The number of carbonyl (C=O) groups is 1. The number of carboxylic acid groups (broad SMARTS) is 1. The van der Waals surface area contributed by atoms with Crippen molar-refractivity contribution in [2.24, 2.45) is 0 Å². The average molecular weight is 262 g/mol. The molecule has 0 aromatic heterocycles. The molecule has 0 radical (unpaired) electrons. The summed E-state index contributed by atoms with van der Waals surface area (Å²) in [5, 5.41) is 11.7. The second kappa shape index (κ2) is 5.17. The smallest absolute Gasteiger partial charge is 0.315 e. The van der Waals surface area contributed by atoms with Gasteiger partial charge in [0.1, 0.15) is 5.92 Å². The van der Waals surface area contributed by atoms with Crippen LogP contribution in [0.15, 0.2) is 72.8 Å². The molecule has 0 heterocycles. The molecule has 0 aliphatic heterocycles. The second-order valence-corrected chi connectivity index (χ2v) is 4.75. The van der Waals surface area contributed by atoms with Gasteiger partial charge in [-0.15, -0.1) is 0 Å². The van der Waals surface area contributed by atoms with Crippen molar-refractivity contribution in [3.63, 3.8) is 0 Å². The van der Waals surface area contributed by atoms with Crippen LogP contribution in [-0.4, -0.2) is 11.1 Å². The van der Waals surface area contributed by atoms with Gasteiger partial charge >= 0.3 is 5.97 Å². The number of hydrogen-bond donors (Lipinski definition) is 1. The van der Waals surface area contributed by atoms with Crippen molar-refractivity contribution in [2.45, 2.75) is 5.92 Å². The Morgan fingerprint density at radius 1 is 0.800 bits per heavy atom. The van der Waals surface area contributed by atoms with E-state index in [0.717, 1.165) is 21.9 Å². The highest BCUT2D eigenvalue weighted by atomic mass is 16.4. The molecule has 0 amide bonds. The standard InChI is InChI=1S/C18H14O2/c19-18(20)17(14-8-2-1-3-9-14)16-12-6-10-13-7-4-5-11-15(13)16/h1-12,17H,(H,19,20)/t17-/m0/s1. The number of hydrogen-bond acceptors (Lipinski definition) is 1. The Morgan fingerprint density at radius 2 is 1.45 bits per heavy atom. The van der Waals surface area contributed by atoms with Crippen molar-refractivity contribution in [1.82, 2.24) is 0 Å². The van der Waals surface area contributed by atoms with Crippen LogP contribution in [0.2, 0.25) is 0 Å². The van der Waals surface area contributed by atoms with Gasteiger partial charge in [-0.2, -0.15) is 0 Å². The first-order valence-corrected chi connectivity index (χ1v) is 6.53. The topological polar surface area (TPSA) is 37.3 Å². The molecule has 0 saturated carbocycles. The fourth-order valence-electron chi connectivity index (χ4n) is 2.60. The van der Waals surface area contributed by atoms with E-state index in [2.05, 4.69) is 0 Å². The minimum atomic E-state index is -0.826. The predicted molar refractivity (Wildman–Crippen MR) is 79.9 cm³/mol. The molecule has 2 heteroatoms. The van der Waals surface area contributed by atoms with Gasteiger partial charge < -0.3 is 5.11 Å². The van der Waals surface area contributed by atoms with Gasteiger partial charge in [0, 0.05) is 0 Å². The summed E-state index contributed by atoms with van der Waals surface area (Å²) in [4.78, 5) is 11.7. The van der Waals surface area contributed by atoms with Gasteiger partial charge in [0.25, 0.3) is 0 Å². The summed E-state index contributed by atoms with van der Waals surface area (Å²) in [5.41, 5.74) is 1.64. The minimum Gasteiger partial charge on any atom is -0.481 e. The van der Waals surface area contributed by atoms with Crippen molar-refractivity contribution in [3.8, 4) is 0 Å². The maximum absolute atomic E-state index is 11.7. The third-order valence-corrected chi connectivity index (χ3v) is 3.51. The highest BCUT2D eigenvalue weighted by Crippen LogP contribution is 2.30.